The van der Waals surface area contributed by atoms with E-state index in [2.05, 4.69) is 4.98 Å². The van der Waals surface area contributed by atoms with Crippen LogP contribution < -0.4 is 0 Å². The lowest BCUT2D eigenvalue weighted by molar-refractivity contribution is -0.100. The molecule has 2 heterocycles. The third-order valence-electron chi connectivity index (χ3n) is 4.39. The molecule has 1 aliphatic heterocycles. The molecule has 1 saturated carbocycles. The summed E-state index contributed by atoms with van der Waals surface area (Å²) in [4.78, 5) is 4.07. The summed E-state index contributed by atoms with van der Waals surface area (Å²) in [6.07, 6.45) is 4.91. The van der Waals surface area contributed by atoms with Gasteiger partial charge >= 0.3 is 0 Å². The maximum atomic E-state index is 12.2. The standard InChI is InChI=1S/C15H22N2O4S/c1-2-22(18,19)17-8-9-20-15-13(17)5-6-14(15)21-11-12-4-3-7-16-10-12/h3-4,7,10,13-15H,2,5-6,8-9,11H2,1H3/t13-,14+,15+/m0/s1. The average Bonchev–Trinajstić information content (AvgIpc) is 2.97. The number of rotatable bonds is 5. The third-order valence-corrected chi connectivity index (χ3v) is 6.29. The highest BCUT2D eigenvalue weighted by atomic mass is 32.2. The van der Waals surface area contributed by atoms with E-state index in [1.807, 2.05) is 12.1 Å². The lowest BCUT2D eigenvalue weighted by Crippen LogP contribution is -2.54. The minimum Gasteiger partial charge on any atom is -0.372 e. The molecule has 2 fully saturated rings. The van der Waals surface area contributed by atoms with Gasteiger partial charge in [-0.05, 0) is 31.4 Å². The molecule has 0 aromatic carbocycles. The zero-order valence-corrected chi connectivity index (χ0v) is 13.5. The van der Waals surface area contributed by atoms with E-state index in [0.717, 1.165) is 18.4 Å². The van der Waals surface area contributed by atoms with E-state index < -0.39 is 10.0 Å². The third kappa shape index (κ3) is 3.17. The molecule has 0 bridgehead atoms. The minimum absolute atomic E-state index is 0.0555. The monoisotopic (exact) mass is 326 g/mol. The molecule has 1 aromatic heterocycles. The van der Waals surface area contributed by atoms with Crippen LogP contribution in [-0.2, 0) is 26.1 Å². The lowest BCUT2D eigenvalue weighted by atomic mass is 10.1. The van der Waals surface area contributed by atoms with Gasteiger partial charge in [0, 0.05) is 18.9 Å². The number of hydrogen-bond acceptors (Lipinski definition) is 5. The van der Waals surface area contributed by atoms with Crippen LogP contribution in [-0.4, -0.2) is 54.9 Å². The maximum absolute atomic E-state index is 12.2. The van der Waals surface area contributed by atoms with Gasteiger partial charge in [0.25, 0.3) is 0 Å². The van der Waals surface area contributed by atoms with Crippen LogP contribution in [0.25, 0.3) is 0 Å². The fourth-order valence-electron chi connectivity index (χ4n) is 3.26. The second kappa shape index (κ2) is 6.62. The fraction of sp³-hybridized carbons (Fsp3) is 0.667. The predicted molar refractivity (Wildman–Crippen MR) is 81.7 cm³/mol. The number of nitrogens with zero attached hydrogens (tertiary/aromatic N) is 2. The second-order valence-corrected chi connectivity index (χ2v) is 7.91. The van der Waals surface area contributed by atoms with E-state index in [1.165, 1.54) is 0 Å². The van der Waals surface area contributed by atoms with Gasteiger partial charge in [-0.1, -0.05) is 6.07 Å². The molecule has 0 radical (unpaired) electrons. The van der Waals surface area contributed by atoms with Gasteiger partial charge in [-0.15, -0.1) is 0 Å². The summed E-state index contributed by atoms with van der Waals surface area (Å²) in [6.45, 7) is 3.05. The molecule has 122 valence electrons. The Morgan fingerprint density at radius 1 is 1.45 bits per heavy atom. The molecule has 3 atom stereocenters. The molecular weight excluding hydrogens is 304 g/mol. The molecule has 0 amide bonds. The highest BCUT2D eigenvalue weighted by molar-refractivity contribution is 7.89. The first-order valence-corrected chi connectivity index (χ1v) is 9.34. The Kier molecular flexibility index (Phi) is 4.77. The van der Waals surface area contributed by atoms with Crippen molar-refractivity contribution in [2.24, 2.45) is 0 Å². The molecular formula is C15H22N2O4S. The normalized spacial score (nSPS) is 29.4. The summed E-state index contributed by atoms with van der Waals surface area (Å²) in [5.41, 5.74) is 1.01. The highest BCUT2D eigenvalue weighted by Crippen LogP contribution is 2.34. The Balaban J connectivity index is 1.65. The second-order valence-electron chi connectivity index (χ2n) is 5.70. The molecule has 1 saturated heterocycles. The summed E-state index contributed by atoms with van der Waals surface area (Å²) in [5, 5.41) is 0. The van der Waals surface area contributed by atoms with Gasteiger partial charge in [0.15, 0.2) is 0 Å². The van der Waals surface area contributed by atoms with Crippen LogP contribution in [0.5, 0.6) is 0 Å². The van der Waals surface area contributed by atoms with Crippen LogP contribution in [0.2, 0.25) is 0 Å². The van der Waals surface area contributed by atoms with Crippen molar-refractivity contribution in [3.05, 3.63) is 30.1 Å². The first-order chi connectivity index (χ1) is 10.6. The summed E-state index contributed by atoms with van der Waals surface area (Å²) in [6, 6.07) is 3.76. The van der Waals surface area contributed by atoms with Gasteiger partial charge in [-0.25, -0.2) is 8.42 Å². The molecule has 1 aliphatic carbocycles. The van der Waals surface area contributed by atoms with E-state index >= 15 is 0 Å². The van der Waals surface area contributed by atoms with Gasteiger partial charge in [-0.3, -0.25) is 4.98 Å². The van der Waals surface area contributed by atoms with E-state index in [1.54, 1.807) is 23.6 Å². The molecule has 2 aliphatic rings. The molecule has 6 nitrogen and oxygen atoms in total. The zero-order valence-electron chi connectivity index (χ0n) is 12.7. The molecule has 1 aromatic rings. The molecule has 0 spiro atoms. The smallest absolute Gasteiger partial charge is 0.214 e. The van der Waals surface area contributed by atoms with Crippen molar-refractivity contribution in [1.82, 2.24) is 9.29 Å². The van der Waals surface area contributed by atoms with Crippen LogP contribution in [0.15, 0.2) is 24.5 Å². The van der Waals surface area contributed by atoms with Crippen molar-refractivity contribution < 1.29 is 17.9 Å². The number of hydrogen-bond donors (Lipinski definition) is 0. The Bertz CT molecular complexity index is 593. The topological polar surface area (TPSA) is 68.7 Å². The molecule has 0 unspecified atom stereocenters. The minimum atomic E-state index is -3.18. The predicted octanol–water partition coefficient (Wildman–Crippen LogP) is 1.18. The van der Waals surface area contributed by atoms with Gasteiger partial charge in [-0.2, -0.15) is 4.31 Å². The summed E-state index contributed by atoms with van der Waals surface area (Å²) < 4.78 is 37.8. The molecule has 22 heavy (non-hydrogen) atoms. The van der Waals surface area contributed by atoms with Gasteiger partial charge < -0.3 is 9.47 Å². The number of ether oxygens (including phenoxy) is 2. The largest absolute Gasteiger partial charge is 0.372 e. The van der Waals surface area contributed by atoms with Crippen LogP contribution in [0.3, 0.4) is 0 Å². The first-order valence-electron chi connectivity index (χ1n) is 7.73. The van der Waals surface area contributed by atoms with Crippen LogP contribution in [0.1, 0.15) is 25.3 Å². The van der Waals surface area contributed by atoms with Crippen molar-refractivity contribution in [3.63, 3.8) is 0 Å². The van der Waals surface area contributed by atoms with Crippen molar-refractivity contribution in [1.29, 1.82) is 0 Å². The Morgan fingerprint density at radius 2 is 2.32 bits per heavy atom. The summed E-state index contributed by atoms with van der Waals surface area (Å²) in [5.74, 6) is 0.136. The zero-order chi connectivity index (χ0) is 15.6. The van der Waals surface area contributed by atoms with Gasteiger partial charge in [0.2, 0.25) is 10.0 Å². The van der Waals surface area contributed by atoms with Crippen molar-refractivity contribution in [2.45, 2.75) is 44.6 Å². The van der Waals surface area contributed by atoms with E-state index in [4.69, 9.17) is 9.47 Å². The van der Waals surface area contributed by atoms with Crippen LogP contribution >= 0.6 is 0 Å². The molecule has 3 rings (SSSR count). The number of fused-ring (bicyclic) bond motifs is 1. The Morgan fingerprint density at radius 3 is 3.05 bits per heavy atom. The highest BCUT2D eigenvalue weighted by Gasteiger charge is 2.46. The Labute approximate surface area is 131 Å². The summed E-state index contributed by atoms with van der Waals surface area (Å²) in [7, 11) is -3.18. The van der Waals surface area contributed by atoms with E-state index in [-0.39, 0.29) is 24.0 Å². The fourth-order valence-corrected chi connectivity index (χ4v) is 4.58. The first kappa shape index (κ1) is 15.9. The lowest BCUT2D eigenvalue weighted by Gasteiger charge is -2.37. The number of sulfonamides is 1. The van der Waals surface area contributed by atoms with Crippen molar-refractivity contribution >= 4 is 10.0 Å². The average molecular weight is 326 g/mol. The molecule has 0 N–H and O–H groups in total. The summed E-state index contributed by atoms with van der Waals surface area (Å²) >= 11 is 0. The number of aromatic nitrogens is 1. The van der Waals surface area contributed by atoms with Crippen molar-refractivity contribution in [3.8, 4) is 0 Å². The van der Waals surface area contributed by atoms with Crippen LogP contribution in [0.4, 0.5) is 0 Å². The van der Waals surface area contributed by atoms with Crippen LogP contribution in [0, 0.1) is 0 Å². The molecule has 7 heteroatoms. The van der Waals surface area contributed by atoms with Gasteiger partial charge in [0.1, 0.15) is 6.10 Å². The quantitative estimate of drug-likeness (QED) is 0.813. The Hall–Kier alpha value is -1.02. The maximum Gasteiger partial charge on any atom is 0.214 e. The number of morpholine rings is 1. The SMILES string of the molecule is CCS(=O)(=O)N1CCO[C@H]2[C@H](OCc3cccnc3)CC[C@@H]21. The van der Waals surface area contributed by atoms with Crippen molar-refractivity contribution in [2.75, 3.05) is 18.9 Å². The van der Waals surface area contributed by atoms with E-state index in [9.17, 15) is 8.42 Å². The number of pyridine rings is 1. The van der Waals surface area contributed by atoms with E-state index in [0.29, 0.717) is 19.8 Å². The van der Waals surface area contributed by atoms with Gasteiger partial charge in [0.05, 0.1) is 31.1 Å².